The van der Waals surface area contributed by atoms with Crippen LogP contribution in [0.3, 0.4) is 0 Å². The smallest absolute Gasteiger partial charge is 0.305 e. The largest absolute Gasteiger partial charge is 3.00 e. The summed E-state index contributed by atoms with van der Waals surface area (Å²) in [6.07, 6.45) is 7.23. The third-order valence-electron chi connectivity index (χ3n) is 13.3. The maximum absolute atomic E-state index is 5.16. The van der Waals surface area contributed by atoms with E-state index in [1.54, 1.807) is 0 Å². The van der Waals surface area contributed by atoms with Gasteiger partial charge in [-0.2, -0.15) is 0 Å². The van der Waals surface area contributed by atoms with E-state index in [-0.39, 0.29) is 20.1 Å². The Kier molecular flexibility index (Phi) is 13.1. The van der Waals surface area contributed by atoms with Gasteiger partial charge in [0, 0.05) is 44.0 Å². The minimum absolute atomic E-state index is 0. The predicted octanol–water partition coefficient (Wildman–Crippen LogP) is 16.1. The van der Waals surface area contributed by atoms with Crippen molar-refractivity contribution >= 4 is 42.5 Å². The summed E-state index contributed by atoms with van der Waals surface area (Å²) in [6, 6.07) is 79.9. The van der Waals surface area contributed by atoms with E-state index >= 15 is 0 Å². The van der Waals surface area contributed by atoms with Crippen molar-refractivity contribution in [1.82, 2.24) is 19.9 Å². The van der Waals surface area contributed by atoms with Crippen molar-refractivity contribution in [3.63, 3.8) is 0 Å². The molecular weight excluding hydrogens is 1060 g/mol. The molecule has 6 heteroatoms. The number of nitrogens with zero attached hydrogens (tertiary/aromatic N) is 4. The average Bonchev–Trinajstić information content (AvgIpc) is 3.80. The molecule has 12 aromatic rings. The summed E-state index contributed by atoms with van der Waals surface area (Å²) in [4.78, 5) is 19.2. The number of aryl methyl sites for hydroxylation is 5. The number of hydrogen-bond donors (Lipinski definition) is 0. The molecule has 340 valence electrons. The summed E-state index contributed by atoms with van der Waals surface area (Å²) >= 11 is 1.85. The van der Waals surface area contributed by atoms with Crippen LogP contribution in [0.15, 0.2) is 207 Å². The Labute approximate surface area is 432 Å². The van der Waals surface area contributed by atoms with Crippen LogP contribution in [0.4, 0.5) is 0 Å². The molecule has 0 radical (unpaired) electrons. The third kappa shape index (κ3) is 9.63. The predicted molar refractivity (Wildman–Crippen MR) is 290 cm³/mol. The van der Waals surface area contributed by atoms with Crippen molar-refractivity contribution in [3.05, 3.63) is 253 Å². The van der Waals surface area contributed by atoms with Crippen molar-refractivity contribution in [1.29, 1.82) is 0 Å². The van der Waals surface area contributed by atoms with Crippen LogP contribution in [0.2, 0.25) is 0 Å². The van der Waals surface area contributed by atoms with Gasteiger partial charge in [0.05, 0.1) is 11.0 Å². The zero-order chi connectivity index (χ0) is 46.8. The van der Waals surface area contributed by atoms with Crippen molar-refractivity contribution in [2.45, 2.75) is 32.6 Å². The Bertz CT molecular complexity index is 3730. The summed E-state index contributed by atoms with van der Waals surface area (Å²) < 4.78 is 2.55. The van der Waals surface area contributed by atoms with Gasteiger partial charge in [-0.05, 0) is 95.4 Å². The van der Waals surface area contributed by atoms with E-state index in [1.165, 1.54) is 53.6 Å². The van der Waals surface area contributed by atoms with Crippen LogP contribution in [0, 0.1) is 25.1 Å². The third-order valence-corrected chi connectivity index (χ3v) is 14.4. The topological polar surface area (TPSA) is 51.6 Å². The zero-order valence-corrected chi connectivity index (χ0v) is 42.2. The van der Waals surface area contributed by atoms with Crippen LogP contribution in [-0.4, -0.2) is 19.9 Å². The van der Waals surface area contributed by atoms with Crippen LogP contribution in [0.25, 0.3) is 98.4 Å². The maximum Gasteiger partial charge on any atom is 3.00 e. The van der Waals surface area contributed by atoms with E-state index in [9.17, 15) is 0 Å². The van der Waals surface area contributed by atoms with Crippen LogP contribution in [0.1, 0.15) is 27.9 Å². The van der Waals surface area contributed by atoms with Gasteiger partial charge >= 0.3 is 20.1 Å². The minimum Gasteiger partial charge on any atom is -0.305 e. The van der Waals surface area contributed by atoms with E-state index < -0.39 is 0 Å². The standard InChI is InChI=1S/C65H45N4S.Ir/c1-43-65(69-62-18-6-5-17-61(62)68-43)51-33-34-55(58(41-51)50-32-35-57-56-14-4-7-19-63(56)70-64(57)42-50)54-13-3-2-12-53(54)52-39-46(22-20-44-24-28-48(29-25-44)59-15-8-10-36-66-59)38-47(40-52)23-21-45-26-30-49(31-27-45)60-16-9-11-37-67-60;/h2-19,24-28,30,32,34-42H,20-23H2,1H3;/q-3;+3. The second-order valence-corrected chi connectivity index (χ2v) is 18.9. The SMILES string of the molecule is Cc1nc2ccccc2nc1-c1[c-]cc(-c2ccccc2-c2cc(CCc3c[c-]c(-c4ccccn4)cc3)cc(CCc3c[c-]c(-c4ccccn4)cc3)c2)c(-c2ccc3c(c2)sc2ccccc23)c1.[Ir+3]. The molecule has 0 fully saturated rings. The molecule has 71 heavy (non-hydrogen) atoms. The molecule has 4 nitrogen and oxygen atoms in total. The monoisotopic (exact) mass is 1110 g/mol. The second-order valence-electron chi connectivity index (χ2n) is 17.9. The number of pyridine rings is 2. The fourth-order valence-corrected chi connectivity index (χ4v) is 10.8. The van der Waals surface area contributed by atoms with Crippen molar-refractivity contribution in [2.24, 2.45) is 0 Å². The molecule has 4 heterocycles. The number of thiophene rings is 1. The Morgan fingerprint density at radius 1 is 0.408 bits per heavy atom. The molecule has 0 aliphatic rings. The molecule has 0 spiro atoms. The van der Waals surface area contributed by atoms with E-state index in [1.807, 2.05) is 91.3 Å². The normalized spacial score (nSPS) is 11.3. The summed E-state index contributed by atoms with van der Waals surface area (Å²) in [5.41, 5.74) is 20.3. The molecule has 0 aliphatic carbocycles. The summed E-state index contributed by atoms with van der Waals surface area (Å²) in [5.74, 6) is 0. The van der Waals surface area contributed by atoms with Gasteiger partial charge in [-0.25, -0.2) is 0 Å². The summed E-state index contributed by atoms with van der Waals surface area (Å²) in [7, 11) is 0. The van der Waals surface area contributed by atoms with Gasteiger partial charge in [-0.1, -0.05) is 139 Å². The minimum atomic E-state index is 0. The van der Waals surface area contributed by atoms with Gasteiger partial charge in [0.25, 0.3) is 0 Å². The van der Waals surface area contributed by atoms with Gasteiger partial charge in [-0.3, -0.25) is 9.97 Å². The number of benzene rings is 8. The molecule has 0 saturated carbocycles. The van der Waals surface area contributed by atoms with Crippen LogP contribution >= 0.6 is 11.3 Å². The molecule has 0 N–H and O–H groups in total. The number of rotatable bonds is 12. The fraction of sp³-hybridized carbons (Fsp3) is 0.0769. The van der Waals surface area contributed by atoms with Crippen molar-refractivity contribution in [2.75, 3.05) is 0 Å². The van der Waals surface area contributed by atoms with Gasteiger partial charge < -0.3 is 9.97 Å². The molecule has 4 aromatic heterocycles. The second kappa shape index (κ2) is 20.3. The van der Waals surface area contributed by atoms with Gasteiger partial charge in [-0.15, -0.1) is 106 Å². The van der Waals surface area contributed by atoms with Crippen molar-refractivity contribution in [3.8, 4) is 67.2 Å². The first kappa shape index (κ1) is 45.7. The van der Waals surface area contributed by atoms with Crippen LogP contribution < -0.4 is 0 Å². The first-order chi connectivity index (χ1) is 34.6. The number of para-hydroxylation sites is 2. The molecular formula is C65H45IrN4S. The van der Waals surface area contributed by atoms with Gasteiger partial charge in [0.15, 0.2) is 0 Å². The van der Waals surface area contributed by atoms with E-state index in [4.69, 9.17) is 9.97 Å². The van der Waals surface area contributed by atoms with E-state index in [0.29, 0.717) is 0 Å². The molecule has 0 saturated heterocycles. The van der Waals surface area contributed by atoms with E-state index in [2.05, 4.69) is 162 Å². The molecule has 8 aromatic carbocycles. The molecule has 0 bridgehead atoms. The number of hydrogen-bond acceptors (Lipinski definition) is 5. The van der Waals surface area contributed by atoms with Crippen molar-refractivity contribution < 1.29 is 20.1 Å². The fourth-order valence-electron chi connectivity index (χ4n) is 9.67. The average molecular weight is 1110 g/mol. The number of aromatic nitrogens is 4. The molecule has 0 atom stereocenters. The van der Waals surface area contributed by atoms with Crippen LogP contribution in [0.5, 0.6) is 0 Å². The van der Waals surface area contributed by atoms with E-state index in [0.717, 1.165) is 98.4 Å². The first-order valence-electron chi connectivity index (χ1n) is 23.8. The summed E-state index contributed by atoms with van der Waals surface area (Å²) in [6.45, 7) is 2.05. The molecule has 0 unspecified atom stereocenters. The Balaban J connectivity index is 0.00000547. The maximum atomic E-state index is 5.16. The first-order valence-corrected chi connectivity index (χ1v) is 24.7. The Morgan fingerprint density at radius 2 is 0.986 bits per heavy atom. The Morgan fingerprint density at radius 3 is 1.63 bits per heavy atom. The quantitative estimate of drug-likeness (QED) is 0.114. The van der Waals surface area contributed by atoms with Gasteiger partial charge in [0.1, 0.15) is 0 Å². The summed E-state index contributed by atoms with van der Waals surface area (Å²) in [5, 5.41) is 2.57. The zero-order valence-electron chi connectivity index (χ0n) is 39.0. The molecule has 0 amide bonds. The Hall–Kier alpha value is -7.73. The number of fused-ring (bicyclic) bond motifs is 4. The molecule has 0 aliphatic heterocycles. The molecule has 12 rings (SSSR count). The van der Waals surface area contributed by atoms with Gasteiger partial charge in [0.2, 0.25) is 0 Å². The van der Waals surface area contributed by atoms with Crippen LogP contribution in [-0.2, 0) is 45.8 Å².